The summed E-state index contributed by atoms with van der Waals surface area (Å²) < 4.78 is 0. The molecule has 4 rings (SSSR count). The van der Waals surface area contributed by atoms with Gasteiger partial charge in [-0.25, -0.2) is 9.97 Å². The molecule has 0 saturated carbocycles. The third-order valence-electron chi connectivity index (χ3n) is 4.82. The van der Waals surface area contributed by atoms with Crippen LogP contribution in [0.25, 0.3) is 10.2 Å². The molecule has 1 fully saturated rings. The van der Waals surface area contributed by atoms with E-state index in [2.05, 4.69) is 16.8 Å². The van der Waals surface area contributed by atoms with Gasteiger partial charge in [-0.3, -0.25) is 0 Å². The van der Waals surface area contributed by atoms with Crippen molar-refractivity contribution in [2.45, 2.75) is 57.9 Å². The van der Waals surface area contributed by atoms with Gasteiger partial charge in [-0.1, -0.05) is 11.6 Å². The van der Waals surface area contributed by atoms with E-state index in [0.29, 0.717) is 11.2 Å². The van der Waals surface area contributed by atoms with E-state index in [9.17, 15) is 0 Å². The second-order valence-electron chi connectivity index (χ2n) is 6.24. The van der Waals surface area contributed by atoms with Crippen LogP contribution in [0.1, 0.15) is 49.5 Å². The fourth-order valence-electron chi connectivity index (χ4n) is 3.63. The highest BCUT2D eigenvalue weighted by atomic mass is 35.5. The molecule has 1 aliphatic heterocycles. The molecule has 2 aliphatic rings. The van der Waals surface area contributed by atoms with Crippen LogP contribution in [0.2, 0.25) is 5.15 Å². The Morgan fingerprint density at radius 2 is 2.00 bits per heavy atom. The summed E-state index contributed by atoms with van der Waals surface area (Å²) >= 11 is 8.37. The van der Waals surface area contributed by atoms with E-state index in [4.69, 9.17) is 16.6 Å². The van der Waals surface area contributed by atoms with Gasteiger partial charge in [0.25, 0.3) is 0 Å². The van der Waals surface area contributed by atoms with Crippen molar-refractivity contribution in [2.24, 2.45) is 0 Å². The van der Waals surface area contributed by atoms with Crippen LogP contribution in [0.3, 0.4) is 0 Å². The number of piperidine rings is 1. The van der Waals surface area contributed by atoms with E-state index in [0.717, 1.165) is 29.1 Å². The van der Waals surface area contributed by atoms with Crippen LogP contribution in [-0.4, -0.2) is 22.6 Å². The summed E-state index contributed by atoms with van der Waals surface area (Å²) in [6.45, 7) is 3.31. The van der Waals surface area contributed by atoms with Crippen LogP contribution in [0.15, 0.2) is 0 Å². The lowest BCUT2D eigenvalue weighted by Gasteiger charge is -2.33. The van der Waals surface area contributed by atoms with E-state index in [1.54, 1.807) is 0 Å². The maximum absolute atomic E-state index is 6.54. The van der Waals surface area contributed by atoms with Crippen LogP contribution in [0.5, 0.6) is 0 Å². The normalized spacial score (nSPS) is 22.6. The topological polar surface area (TPSA) is 29.0 Å². The van der Waals surface area contributed by atoms with Gasteiger partial charge in [0, 0.05) is 17.5 Å². The first-order chi connectivity index (χ1) is 10.2. The number of fused-ring (bicyclic) bond motifs is 3. The zero-order chi connectivity index (χ0) is 14.4. The van der Waals surface area contributed by atoms with E-state index in [1.165, 1.54) is 49.0 Å². The molecule has 1 atom stereocenters. The molecule has 1 unspecified atom stereocenters. The number of anilines is 1. The summed E-state index contributed by atoms with van der Waals surface area (Å²) in [6, 6.07) is 0.516. The molecule has 21 heavy (non-hydrogen) atoms. The number of hydrogen-bond donors (Lipinski definition) is 0. The smallest absolute Gasteiger partial charge is 0.228 e. The van der Waals surface area contributed by atoms with Crippen molar-refractivity contribution >= 4 is 39.1 Å². The Kier molecular flexibility index (Phi) is 3.54. The van der Waals surface area contributed by atoms with Gasteiger partial charge in [0.05, 0.1) is 5.39 Å². The van der Waals surface area contributed by atoms with Crippen LogP contribution in [0, 0.1) is 0 Å². The molecule has 3 heterocycles. The third kappa shape index (κ3) is 2.33. The first-order valence-corrected chi connectivity index (χ1v) is 9.18. The summed E-state index contributed by atoms with van der Waals surface area (Å²) in [6.07, 6.45) is 8.63. The first-order valence-electron chi connectivity index (χ1n) is 7.98. The monoisotopic (exact) mass is 321 g/mol. The molecule has 5 heteroatoms. The predicted molar refractivity (Wildman–Crippen MR) is 89.7 cm³/mol. The minimum absolute atomic E-state index is 0.516. The predicted octanol–water partition coefficient (Wildman–Crippen LogP) is 4.60. The minimum atomic E-state index is 0.516. The summed E-state index contributed by atoms with van der Waals surface area (Å²) in [4.78, 5) is 14.4. The second-order valence-corrected chi connectivity index (χ2v) is 7.69. The summed E-state index contributed by atoms with van der Waals surface area (Å²) in [5.74, 6) is 0.832. The molecule has 2 aromatic rings. The van der Waals surface area contributed by atoms with Gasteiger partial charge in [0.2, 0.25) is 5.95 Å². The van der Waals surface area contributed by atoms with Crippen molar-refractivity contribution in [3.63, 3.8) is 0 Å². The lowest BCUT2D eigenvalue weighted by molar-refractivity contribution is 0.477. The third-order valence-corrected chi connectivity index (χ3v) is 6.28. The minimum Gasteiger partial charge on any atom is -0.338 e. The van der Waals surface area contributed by atoms with Crippen molar-refractivity contribution in [1.29, 1.82) is 0 Å². The number of aromatic nitrogens is 2. The van der Waals surface area contributed by atoms with Crippen molar-refractivity contribution in [3.05, 3.63) is 15.6 Å². The molecule has 0 spiro atoms. The Hall–Kier alpha value is -0.870. The number of thiophene rings is 1. The number of nitrogens with zero attached hydrogens (tertiary/aromatic N) is 3. The number of halogens is 1. The lowest BCUT2D eigenvalue weighted by atomic mass is 9.97. The Morgan fingerprint density at radius 3 is 2.86 bits per heavy atom. The number of aryl methyl sites for hydroxylation is 2. The van der Waals surface area contributed by atoms with Gasteiger partial charge in [0.1, 0.15) is 9.98 Å². The largest absolute Gasteiger partial charge is 0.338 e. The van der Waals surface area contributed by atoms with Gasteiger partial charge in [-0.15, -0.1) is 11.3 Å². The molecular formula is C16H20ClN3S. The first kappa shape index (κ1) is 13.8. The maximum Gasteiger partial charge on any atom is 0.228 e. The molecule has 0 N–H and O–H groups in total. The Balaban J connectivity index is 1.82. The highest BCUT2D eigenvalue weighted by molar-refractivity contribution is 7.19. The number of hydrogen-bond acceptors (Lipinski definition) is 4. The van der Waals surface area contributed by atoms with Gasteiger partial charge in [-0.05, 0) is 57.4 Å². The van der Waals surface area contributed by atoms with E-state index in [1.807, 2.05) is 11.3 Å². The Bertz CT molecular complexity index is 682. The Labute approximate surface area is 134 Å². The van der Waals surface area contributed by atoms with Gasteiger partial charge in [0.15, 0.2) is 0 Å². The highest BCUT2D eigenvalue weighted by Gasteiger charge is 2.25. The number of rotatable bonds is 1. The zero-order valence-electron chi connectivity index (χ0n) is 12.4. The van der Waals surface area contributed by atoms with Crippen LogP contribution in [-0.2, 0) is 12.8 Å². The maximum atomic E-state index is 6.54. The molecule has 0 aromatic carbocycles. The molecule has 1 saturated heterocycles. The summed E-state index contributed by atoms with van der Waals surface area (Å²) in [7, 11) is 0. The molecule has 112 valence electrons. The molecule has 0 amide bonds. The van der Waals surface area contributed by atoms with E-state index in [-0.39, 0.29) is 0 Å². The fourth-order valence-corrected chi connectivity index (χ4v) is 5.22. The molecule has 2 aromatic heterocycles. The van der Waals surface area contributed by atoms with Gasteiger partial charge < -0.3 is 4.90 Å². The standard InChI is InChI=1S/C16H20ClN3S/c1-10-6-4-5-9-20(10)16-18-14(17)13-11-7-2-3-8-12(11)21-15(13)19-16/h10H,2-9H2,1H3. The zero-order valence-corrected chi connectivity index (χ0v) is 13.9. The van der Waals surface area contributed by atoms with Crippen molar-refractivity contribution in [1.82, 2.24) is 9.97 Å². The van der Waals surface area contributed by atoms with E-state index < -0.39 is 0 Å². The highest BCUT2D eigenvalue weighted by Crippen LogP contribution is 2.39. The van der Waals surface area contributed by atoms with E-state index >= 15 is 0 Å². The molecule has 0 bridgehead atoms. The van der Waals surface area contributed by atoms with Gasteiger partial charge in [-0.2, -0.15) is 0 Å². The molecule has 1 aliphatic carbocycles. The van der Waals surface area contributed by atoms with Crippen LogP contribution < -0.4 is 4.90 Å². The van der Waals surface area contributed by atoms with Gasteiger partial charge >= 0.3 is 0 Å². The lowest BCUT2D eigenvalue weighted by Crippen LogP contribution is -2.38. The Morgan fingerprint density at radius 1 is 1.14 bits per heavy atom. The quantitative estimate of drug-likeness (QED) is 0.719. The van der Waals surface area contributed by atoms with Crippen molar-refractivity contribution in [2.75, 3.05) is 11.4 Å². The second kappa shape index (κ2) is 5.40. The van der Waals surface area contributed by atoms with Crippen LogP contribution in [0.4, 0.5) is 5.95 Å². The summed E-state index contributed by atoms with van der Waals surface area (Å²) in [5, 5.41) is 1.79. The van der Waals surface area contributed by atoms with Crippen molar-refractivity contribution < 1.29 is 0 Å². The average molecular weight is 322 g/mol. The molecular weight excluding hydrogens is 302 g/mol. The molecule has 0 radical (unpaired) electrons. The molecule has 3 nitrogen and oxygen atoms in total. The van der Waals surface area contributed by atoms with Crippen molar-refractivity contribution in [3.8, 4) is 0 Å². The average Bonchev–Trinajstić information content (AvgIpc) is 2.86. The van der Waals surface area contributed by atoms with Crippen LogP contribution >= 0.6 is 22.9 Å². The fraction of sp³-hybridized carbons (Fsp3) is 0.625. The summed E-state index contributed by atoms with van der Waals surface area (Å²) in [5.41, 5.74) is 1.42. The SMILES string of the molecule is CC1CCCCN1c1nc(Cl)c2c3c(sc2n1)CCCC3.